The summed E-state index contributed by atoms with van der Waals surface area (Å²) in [5, 5.41) is 3.30. The number of ether oxygens (including phenoxy) is 1. The van der Waals surface area contributed by atoms with Crippen molar-refractivity contribution in [1.29, 1.82) is 0 Å². The van der Waals surface area contributed by atoms with Crippen molar-refractivity contribution in [2.45, 2.75) is 27.0 Å². The van der Waals surface area contributed by atoms with Gasteiger partial charge in [0.1, 0.15) is 18.1 Å². The molecule has 0 atom stereocenters. The van der Waals surface area contributed by atoms with E-state index in [1.807, 2.05) is 35.9 Å². The topological polar surface area (TPSA) is 64.3 Å². The molecule has 0 radical (unpaired) electrons. The number of anilines is 1. The molecule has 0 saturated heterocycles. The van der Waals surface area contributed by atoms with E-state index in [9.17, 15) is 0 Å². The Balaban J connectivity index is 1.77. The number of nitrogens with one attached hydrogen (secondary N) is 1. The first kappa shape index (κ1) is 14.5. The van der Waals surface area contributed by atoms with Crippen LogP contribution in [-0.4, -0.2) is 26.5 Å². The highest BCUT2D eigenvalue weighted by atomic mass is 16.5. The maximum absolute atomic E-state index is 5.09. The van der Waals surface area contributed by atoms with Gasteiger partial charge in [-0.3, -0.25) is 0 Å². The van der Waals surface area contributed by atoms with Gasteiger partial charge in [-0.1, -0.05) is 6.07 Å². The summed E-state index contributed by atoms with van der Waals surface area (Å²) in [6.07, 6.45) is 4.03. The van der Waals surface area contributed by atoms with Crippen LogP contribution in [0.2, 0.25) is 0 Å². The molecular weight excluding hydrogens is 278 g/mol. The Hall–Kier alpha value is -2.47. The minimum atomic E-state index is 0.407. The van der Waals surface area contributed by atoms with Crippen molar-refractivity contribution in [1.82, 2.24) is 19.4 Å². The first-order valence-corrected chi connectivity index (χ1v) is 7.16. The van der Waals surface area contributed by atoms with E-state index in [1.54, 1.807) is 7.11 Å². The van der Waals surface area contributed by atoms with E-state index in [-0.39, 0.29) is 0 Å². The number of aryl methyl sites for hydroxylation is 2. The maximum Gasteiger partial charge on any atom is 0.156 e. The largest absolute Gasteiger partial charge is 0.377 e. The zero-order valence-corrected chi connectivity index (χ0v) is 13.0. The van der Waals surface area contributed by atoms with E-state index in [4.69, 9.17) is 4.74 Å². The van der Waals surface area contributed by atoms with Crippen LogP contribution >= 0.6 is 0 Å². The van der Waals surface area contributed by atoms with Crippen molar-refractivity contribution in [3.8, 4) is 0 Å². The number of rotatable bonds is 5. The summed E-state index contributed by atoms with van der Waals surface area (Å²) in [4.78, 5) is 13.4. The fourth-order valence-electron chi connectivity index (χ4n) is 2.38. The van der Waals surface area contributed by atoms with Crippen LogP contribution in [0.3, 0.4) is 0 Å². The summed E-state index contributed by atoms with van der Waals surface area (Å²) in [7, 11) is 1.64. The molecule has 6 heteroatoms. The van der Waals surface area contributed by atoms with Crippen molar-refractivity contribution in [2.75, 3.05) is 12.4 Å². The predicted octanol–water partition coefficient (Wildman–Crippen LogP) is 2.50. The lowest BCUT2D eigenvalue weighted by molar-refractivity contribution is 0.177. The Morgan fingerprint density at radius 1 is 1.23 bits per heavy atom. The minimum absolute atomic E-state index is 0.407. The predicted molar refractivity (Wildman–Crippen MR) is 84.7 cm³/mol. The molecule has 0 saturated carbocycles. The fourth-order valence-corrected chi connectivity index (χ4v) is 2.38. The first-order chi connectivity index (χ1) is 10.7. The molecule has 0 amide bonds. The lowest BCUT2D eigenvalue weighted by Crippen LogP contribution is -2.06. The van der Waals surface area contributed by atoms with Crippen LogP contribution in [0, 0.1) is 13.8 Å². The van der Waals surface area contributed by atoms with Gasteiger partial charge in [0.05, 0.1) is 12.2 Å². The van der Waals surface area contributed by atoms with Gasteiger partial charge in [-0.05, 0) is 25.5 Å². The molecular formula is C16H19N5O. The highest BCUT2D eigenvalue weighted by Gasteiger charge is 2.05. The van der Waals surface area contributed by atoms with Gasteiger partial charge in [0, 0.05) is 31.3 Å². The van der Waals surface area contributed by atoms with Gasteiger partial charge in [0.25, 0.3) is 0 Å². The van der Waals surface area contributed by atoms with Gasteiger partial charge >= 0.3 is 0 Å². The molecule has 0 fully saturated rings. The van der Waals surface area contributed by atoms with Gasteiger partial charge < -0.3 is 14.5 Å². The van der Waals surface area contributed by atoms with Crippen molar-refractivity contribution < 1.29 is 4.74 Å². The van der Waals surface area contributed by atoms with Crippen LogP contribution in [0.15, 0.2) is 30.6 Å². The monoisotopic (exact) mass is 297 g/mol. The summed E-state index contributed by atoms with van der Waals surface area (Å²) in [5.74, 6) is 1.46. The summed E-state index contributed by atoms with van der Waals surface area (Å²) in [5.41, 5.74) is 4.03. The number of methoxy groups -OCH3 is 1. The number of hydrogen-bond donors (Lipinski definition) is 1. The van der Waals surface area contributed by atoms with Crippen LogP contribution in [0.5, 0.6) is 0 Å². The normalized spacial score (nSPS) is 11.0. The zero-order valence-electron chi connectivity index (χ0n) is 13.0. The second kappa shape index (κ2) is 6.11. The molecule has 3 aromatic rings. The Kier molecular flexibility index (Phi) is 4.02. The lowest BCUT2D eigenvalue weighted by Gasteiger charge is -2.07. The van der Waals surface area contributed by atoms with Crippen LogP contribution in [0.25, 0.3) is 5.65 Å². The van der Waals surface area contributed by atoms with Crippen LogP contribution < -0.4 is 5.32 Å². The molecule has 0 aliphatic rings. The molecule has 0 unspecified atom stereocenters. The van der Waals surface area contributed by atoms with Crippen LogP contribution in [0.4, 0.5) is 5.82 Å². The van der Waals surface area contributed by atoms with Gasteiger partial charge in [-0.25, -0.2) is 15.0 Å². The van der Waals surface area contributed by atoms with Gasteiger partial charge in [0.15, 0.2) is 5.82 Å². The van der Waals surface area contributed by atoms with Crippen molar-refractivity contribution >= 4 is 11.5 Å². The standard InChI is InChI=1S/C16H19N5O/c1-11-5-4-6-21-9-13(19-16(11)21)8-17-14-7-12(2)18-15(20-14)10-22-3/h4-7,9H,8,10H2,1-3H3,(H,17,18,20). The maximum atomic E-state index is 5.09. The number of aromatic nitrogens is 4. The molecule has 0 aromatic carbocycles. The molecule has 3 aromatic heterocycles. The quantitative estimate of drug-likeness (QED) is 0.784. The Bertz CT molecular complexity index is 796. The first-order valence-electron chi connectivity index (χ1n) is 7.16. The van der Waals surface area contributed by atoms with Gasteiger partial charge in [0.2, 0.25) is 0 Å². The molecule has 0 aliphatic heterocycles. The Labute approximate surface area is 129 Å². The van der Waals surface area contributed by atoms with Crippen molar-refractivity contribution in [3.63, 3.8) is 0 Å². The molecule has 3 heterocycles. The molecule has 0 spiro atoms. The number of fused-ring (bicyclic) bond motifs is 1. The number of imidazole rings is 1. The molecule has 22 heavy (non-hydrogen) atoms. The third-order valence-corrected chi connectivity index (χ3v) is 3.35. The highest BCUT2D eigenvalue weighted by Crippen LogP contribution is 2.12. The summed E-state index contributed by atoms with van der Waals surface area (Å²) >= 11 is 0. The molecule has 0 aliphatic carbocycles. The third-order valence-electron chi connectivity index (χ3n) is 3.35. The van der Waals surface area contributed by atoms with Gasteiger partial charge in [-0.15, -0.1) is 0 Å². The van der Waals surface area contributed by atoms with E-state index in [0.717, 1.165) is 28.4 Å². The van der Waals surface area contributed by atoms with Crippen LogP contribution in [-0.2, 0) is 17.9 Å². The summed E-state index contributed by atoms with van der Waals surface area (Å²) < 4.78 is 7.12. The highest BCUT2D eigenvalue weighted by molar-refractivity contribution is 5.48. The second-order valence-electron chi connectivity index (χ2n) is 5.25. The SMILES string of the molecule is COCc1nc(C)cc(NCc2cn3cccc(C)c3n2)n1. The minimum Gasteiger partial charge on any atom is -0.377 e. The molecule has 0 bridgehead atoms. The van der Waals surface area contributed by atoms with Crippen molar-refractivity contribution in [3.05, 3.63) is 53.4 Å². The average Bonchev–Trinajstić information content (AvgIpc) is 2.90. The fraction of sp³-hybridized carbons (Fsp3) is 0.312. The molecule has 3 rings (SSSR count). The van der Waals surface area contributed by atoms with E-state index < -0.39 is 0 Å². The zero-order chi connectivity index (χ0) is 15.5. The number of nitrogens with zero attached hydrogens (tertiary/aromatic N) is 4. The number of hydrogen-bond acceptors (Lipinski definition) is 5. The molecule has 1 N–H and O–H groups in total. The smallest absolute Gasteiger partial charge is 0.156 e. The Morgan fingerprint density at radius 3 is 2.86 bits per heavy atom. The second-order valence-corrected chi connectivity index (χ2v) is 5.25. The molecule has 114 valence electrons. The summed E-state index contributed by atoms with van der Waals surface area (Å²) in [6.45, 7) is 5.03. The van der Waals surface area contributed by atoms with Crippen molar-refractivity contribution in [2.24, 2.45) is 0 Å². The van der Waals surface area contributed by atoms with E-state index in [0.29, 0.717) is 19.0 Å². The average molecular weight is 297 g/mol. The molecule has 6 nitrogen and oxygen atoms in total. The van der Waals surface area contributed by atoms with E-state index >= 15 is 0 Å². The van der Waals surface area contributed by atoms with E-state index in [2.05, 4.69) is 33.3 Å². The van der Waals surface area contributed by atoms with Crippen LogP contribution in [0.1, 0.15) is 22.8 Å². The Morgan fingerprint density at radius 2 is 2.09 bits per heavy atom. The van der Waals surface area contributed by atoms with Gasteiger partial charge in [-0.2, -0.15) is 0 Å². The lowest BCUT2D eigenvalue weighted by atomic mass is 10.3. The number of pyridine rings is 1. The van der Waals surface area contributed by atoms with E-state index in [1.165, 1.54) is 0 Å². The third kappa shape index (κ3) is 3.07. The summed E-state index contributed by atoms with van der Waals surface area (Å²) in [6, 6.07) is 6.00.